The maximum Gasteiger partial charge on any atom is 0.416 e. The number of halogens is 3. The Balaban J connectivity index is 1.62. The van der Waals surface area contributed by atoms with Crippen LogP contribution in [0.5, 0.6) is 0 Å². The number of benzene rings is 2. The molecule has 30 heavy (non-hydrogen) atoms. The van der Waals surface area contributed by atoms with Crippen molar-refractivity contribution in [2.75, 3.05) is 18.1 Å². The highest BCUT2D eigenvalue weighted by molar-refractivity contribution is 8.02. The van der Waals surface area contributed by atoms with E-state index in [0.29, 0.717) is 16.9 Å². The van der Waals surface area contributed by atoms with Gasteiger partial charge in [0, 0.05) is 15.7 Å². The summed E-state index contributed by atoms with van der Waals surface area (Å²) in [5, 5.41) is 2.54. The molecule has 1 aliphatic heterocycles. The zero-order valence-corrected chi connectivity index (χ0v) is 17.3. The number of sulfone groups is 1. The van der Waals surface area contributed by atoms with Gasteiger partial charge < -0.3 is 5.32 Å². The van der Waals surface area contributed by atoms with E-state index in [0.717, 1.165) is 12.1 Å². The molecule has 4 nitrogen and oxygen atoms in total. The lowest BCUT2D eigenvalue weighted by molar-refractivity contribution is -0.137. The van der Waals surface area contributed by atoms with Crippen molar-refractivity contribution in [3.63, 3.8) is 0 Å². The zero-order chi connectivity index (χ0) is 21.8. The number of alkyl halides is 3. The molecule has 0 spiro atoms. The van der Waals surface area contributed by atoms with Crippen LogP contribution in [0.4, 0.5) is 13.2 Å². The summed E-state index contributed by atoms with van der Waals surface area (Å²) in [4.78, 5) is 13.2. The van der Waals surface area contributed by atoms with Crippen molar-refractivity contribution in [2.24, 2.45) is 0 Å². The summed E-state index contributed by atoms with van der Waals surface area (Å²) in [7, 11) is -3.02. The summed E-state index contributed by atoms with van der Waals surface area (Å²) >= 11 is 1.37. The molecule has 0 aromatic heterocycles. The van der Waals surface area contributed by atoms with Gasteiger partial charge in [-0.15, -0.1) is 11.8 Å². The maximum absolute atomic E-state index is 12.7. The number of hydrogen-bond acceptors (Lipinski definition) is 4. The topological polar surface area (TPSA) is 63.2 Å². The van der Waals surface area contributed by atoms with E-state index >= 15 is 0 Å². The molecule has 0 radical (unpaired) electrons. The number of amides is 1. The number of thioether (sulfide) groups is 1. The fourth-order valence-corrected chi connectivity index (χ4v) is 6.56. The van der Waals surface area contributed by atoms with Gasteiger partial charge >= 0.3 is 6.18 Å². The van der Waals surface area contributed by atoms with Crippen LogP contribution in [0.3, 0.4) is 0 Å². The monoisotopic (exact) mass is 453 g/mol. The average Bonchev–Trinajstić information content (AvgIpc) is 3.03. The molecule has 1 amide bonds. The first kappa shape index (κ1) is 22.2. The Hall–Kier alpha value is -2.44. The van der Waals surface area contributed by atoms with Crippen molar-refractivity contribution in [1.82, 2.24) is 5.32 Å². The van der Waals surface area contributed by atoms with Crippen molar-refractivity contribution in [3.8, 4) is 11.8 Å². The quantitative estimate of drug-likeness (QED) is 0.716. The summed E-state index contributed by atoms with van der Waals surface area (Å²) in [5.41, 5.74) is -0.164. The third-order valence-corrected chi connectivity index (χ3v) is 7.70. The number of rotatable bonds is 4. The second-order valence-electron chi connectivity index (χ2n) is 6.70. The average molecular weight is 454 g/mol. The summed E-state index contributed by atoms with van der Waals surface area (Å²) in [6, 6.07) is 11.6. The van der Waals surface area contributed by atoms with E-state index in [1.165, 1.54) is 23.9 Å². The number of carbonyl (C=O) groups is 1. The molecule has 3 rings (SSSR count). The molecule has 1 N–H and O–H groups in total. The molecule has 1 atom stereocenters. The van der Waals surface area contributed by atoms with Gasteiger partial charge in [-0.05, 0) is 36.8 Å². The Morgan fingerprint density at radius 3 is 2.63 bits per heavy atom. The van der Waals surface area contributed by atoms with E-state index in [1.54, 1.807) is 24.3 Å². The van der Waals surface area contributed by atoms with E-state index in [4.69, 9.17) is 0 Å². The van der Waals surface area contributed by atoms with Crippen molar-refractivity contribution in [2.45, 2.75) is 22.7 Å². The summed E-state index contributed by atoms with van der Waals surface area (Å²) < 4.78 is 61.5. The van der Waals surface area contributed by atoms with Gasteiger partial charge in [0.1, 0.15) is 0 Å². The molecule has 1 aliphatic rings. The van der Waals surface area contributed by atoms with Gasteiger partial charge in [0.05, 0.1) is 29.2 Å². The highest BCUT2D eigenvalue weighted by Gasteiger charge is 2.30. The summed E-state index contributed by atoms with van der Waals surface area (Å²) in [6.45, 7) is -0.0358. The Morgan fingerprint density at radius 1 is 1.17 bits per heavy atom. The van der Waals surface area contributed by atoms with Crippen LogP contribution >= 0.6 is 11.8 Å². The van der Waals surface area contributed by atoms with Crippen molar-refractivity contribution in [1.29, 1.82) is 0 Å². The Bertz CT molecular complexity index is 1100. The van der Waals surface area contributed by atoms with Gasteiger partial charge in [-0.3, -0.25) is 4.79 Å². The maximum atomic E-state index is 12.7. The molecule has 0 aliphatic carbocycles. The first-order valence-corrected chi connectivity index (χ1v) is 11.7. The van der Waals surface area contributed by atoms with Crippen LogP contribution in [0, 0.1) is 11.8 Å². The minimum absolute atomic E-state index is 0.0358. The first-order chi connectivity index (χ1) is 14.1. The van der Waals surface area contributed by atoms with Gasteiger partial charge in [0.15, 0.2) is 9.84 Å². The molecule has 1 fully saturated rings. The standard InChI is InChI=1S/C21H18F3NO3S2/c22-21(23,24)16-7-3-5-15(13-16)6-4-11-25-20(26)18-8-1-2-9-19(18)29-17-10-12-30(27,28)14-17/h1-3,5,7-9,13,17H,10-12,14H2,(H,25,26). The number of nitrogens with one attached hydrogen (secondary N) is 1. The van der Waals surface area contributed by atoms with Crippen LogP contribution in [-0.4, -0.2) is 37.6 Å². The Morgan fingerprint density at radius 2 is 1.93 bits per heavy atom. The second-order valence-corrected chi connectivity index (χ2v) is 10.3. The molecule has 2 aromatic rings. The second kappa shape index (κ2) is 9.14. The smallest absolute Gasteiger partial charge is 0.341 e. The number of carbonyl (C=O) groups excluding carboxylic acids is 1. The number of hydrogen-bond donors (Lipinski definition) is 1. The lowest BCUT2D eigenvalue weighted by atomic mass is 10.1. The van der Waals surface area contributed by atoms with E-state index in [1.807, 2.05) is 0 Å². The van der Waals surface area contributed by atoms with E-state index in [2.05, 4.69) is 17.2 Å². The van der Waals surface area contributed by atoms with Gasteiger partial charge in [-0.2, -0.15) is 13.2 Å². The predicted octanol–water partition coefficient (Wildman–Crippen LogP) is 3.77. The molecule has 1 unspecified atom stereocenters. The largest absolute Gasteiger partial charge is 0.416 e. The summed E-state index contributed by atoms with van der Waals surface area (Å²) in [6.07, 6.45) is -3.89. The molecule has 158 valence electrons. The van der Waals surface area contributed by atoms with E-state index < -0.39 is 21.6 Å². The normalized spacial score (nSPS) is 17.8. The van der Waals surface area contributed by atoms with Crippen LogP contribution in [0.1, 0.15) is 27.9 Å². The van der Waals surface area contributed by atoms with Crippen LogP contribution in [0.25, 0.3) is 0 Å². The lowest BCUT2D eigenvalue weighted by Gasteiger charge is -2.12. The highest BCUT2D eigenvalue weighted by atomic mass is 32.2. The zero-order valence-electron chi connectivity index (χ0n) is 15.7. The van der Waals surface area contributed by atoms with Crippen LogP contribution in [-0.2, 0) is 16.0 Å². The van der Waals surface area contributed by atoms with Crippen molar-refractivity contribution >= 4 is 27.5 Å². The predicted molar refractivity (Wildman–Crippen MR) is 110 cm³/mol. The van der Waals surface area contributed by atoms with Gasteiger partial charge in [-0.1, -0.05) is 30.0 Å². The van der Waals surface area contributed by atoms with Crippen molar-refractivity contribution in [3.05, 3.63) is 65.2 Å². The fourth-order valence-electron chi connectivity index (χ4n) is 2.93. The minimum atomic E-state index is -4.44. The van der Waals surface area contributed by atoms with E-state index in [9.17, 15) is 26.4 Å². The molecule has 2 aromatic carbocycles. The van der Waals surface area contributed by atoms with Crippen LogP contribution in [0.2, 0.25) is 0 Å². The molecule has 0 saturated carbocycles. The minimum Gasteiger partial charge on any atom is -0.341 e. The third kappa shape index (κ3) is 6.03. The van der Waals surface area contributed by atoms with E-state index in [-0.39, 0.29) is 34.8 Å². The first-order valence-electron chi connectivity index (χ1n) is 9.04. The molecule has 1 heterocycles. The van der Waals surface area contributed by atoms with Gasteiger partial charge in [0.2, 0.25) is 0 Å². The fraction of sp³-hybridized carbons (Fsp3) is 0.286. The van der Waals surface area contributed by atoms with Crippen molar-refractivity contribution < 1.29 is 26.4 Å². The Labute approximate surface area is 177 Å². The third-order valence-electron chi connectivity index (χ3n) is 4.38. The molecular formula is C21H18F3NO3S2. The van der Waals surface area contributed by atoms with Crippen LogP contribution < -0.4 is 5.32 Å². The Kier molecular flexibility index (Phi) is 6.78. The summed E-state index contributed by atoms with van der Waals surface area (Å²) in [5.74, 6) is 5.13. The van der Waals surface area contributed by atoms with Crippen LogP contribution in [0.15, 0.2) is 53.4 Å². The SMILES string of the molecule is O=C(NCC#Cc1cccc(C(F)(F)F)c1)c1ccccc1SC1CCS(=O)(=O)C1. The lowest BCUT2D eigenvalue weighted by Crippen LogP contribution is -2.24. The molecule has 0 bridgehead atoms. The molecule has 1 saturated heterocycles. The highest BCUT2D eigenvalue weighted by Crippen LogP contribution is 2.33. The van der Waals surface area contributed by atoms with Gasteiger partial charge in [0.25, 0.3) is 5.91 Å². The van der Waals surface area contributed by atoms with Gasteiger partial charge in [-0.25, -0.2) is 8.42 Å². The molecule has 9 heteroatoms. The molecular weight excluding hydrogens is 435 g/mol.